The summed E-state index contributed by atoms with van der Waals surface area (Å²) in [6.07, 6.45) is -3.06. The predicted octanol–water partition coefficient (Wildman–Crippen LogP) is 1.53. The van der Waals surface area contributed by atoms with E-state index in [9.17, 15) is 13.2 Å². The summed E-state index contributed by atoms with van der Waals surface area (Å²) < 4.78 is 39.3. The molecule has 0 unspecified atom stereocenters. The molecule has 2 heterocycles. The molecular formula is C9H13F3N4. The second kappa shape index (κ2) is 4.04. The van der Waals surface area contributed by atoms with Crippen molar-refractivity contribution in [1.29, 1.82) is 0 Å². The average Bonchev–Trinajstić information content (AvgIpc) is 2.61. The minimum Gasteiger partial charge on any atom is -0.317 e. The van der Waals surface area contributed by atoms with Crippen LogP contribution >= 0.6 is 0 Å². The van der Waals surface area contributed by atoms with Crippen molar-refractivity contribution >= 4 is 0 Å². The molecule has 1 aliphatic heterocycles. The zero-order valence-corrected chi connectivity index (χ0v) is 8.88. The van der Waals surface area contributed by atoms with E-state index in [2.05, 4.69) is 15.5 Å². The van der Waals surface area contributed by atoms with E-state index in [1.54, 1.807) is 6.92 Å². The minimum atomic E-state index is -4.42. The Balaban J connectivity index is 2.34. The normalized spacial score (nSPS) is 19.0. The van der Waals surface area contributed by atoms with E-state index in [0.29, 0.717) is 18.7 Å². The zero-order valence-electron chi connectivity index (χ0n) is 8.88. The Kier molecular flexibility index (Phi) is 2.88. The molecule has 0 spiro atoms. The highest BCUT2D eigenvalue weighted by atomic mass is 19.4. The van der Waals surface area contributed by atoms with Crippen molar-refractivity contribution in [3.63, 3.8) is 0 Å². The molecule has 1 saturated heterocycles. The number of nitrogens with one attached hydrogen (secondary N) is 1. The minimum absolute atomic E-state index is 0.145. The van der Waals surface area contributed by atoms with Gasteiger partial charge in [-0.25, -0.2) is 0 Å². The van der Waals surface area contributed by atoms with Gasteiger partial charge in [-0.2, -0.15) is 13.2 Å². The zero-order chi connectivity index (χ0) is 11.8. The number of alkyl halides is 3. The Morgan fingerprint density at radius 2 is 1.88 bits per heavy atom. The van der Waals surface area contributed by atoms with Crippen LogP contribution in [-0.4, -0.2) is 27.9 Å². The fourth-order valence-corrected chi connectivity index (χ4v) is 2.06. The first kappa shape index (κ1) is 11.4. The van der Waals surface area contributed by atoms with Crippen molar-refractivity contribution in [2.24, 2.45) is 0 Å². The molecule has 1 aliphatic rings. The number of nitrogens with zero attached hydrogens (tertiary/aromatic N) is 3. The molecular weight excluding hydrogens is 221 g/mol. The number of aryl methyl sites for hydroxylation is 1. The predicted molar refractivity (Wildman–Crippen MR) is 50.9 cm³/mol. The highest BCUT2D eigenvalue weighted by molar-refractivity contribution is 5.01. The lowest BCUT2D eigenvalue weighted by atomic mass is 10.1. The summed E-state index contributed by atoms with van der Waals surface area (Å²) in [6.45, 7) is 3.03. The van der Waals surface area contributed by atoms with Gasteiger partial charge in [-0.3, -0.25) is 0 Å². The van der Waals surface area contributed by atoms with Crippen LogP contribution in [0, 0.1) is 6.92 Å². The third kappa shape index (κ3) is 2.04. The summed E-state index contributed by atoms with van der Waals surface area (Å²) in [5.41, 5.74) is 0. The maximum absolute atomic E-state index is 12.7. The molecule has 0 aliphatic carbocycles. The number of piperidine rings is 1. The van der Waals surface area contributed by atoms with Gasteiger partial charge in [0.2, 0.25) is 5.82 Å². The fraction of sp³-hybridized carbons (Fsp3) is 0.778. The van der Waals surface area contributed by atoms with Crippen molar-refractivity contribution in [2.75, 3.05) is 13.1 Å². The topological polar surface area (TPSA) is 42.7 Å². The van der Waals surface area contributed by atoms with Crippen LogP contribution < -0.4 is 5.32 Å². The maximum atomic E-state index is 12.7. The largest absolute Gasteiger partial charge is 0.451 e. The smallest absolute Gasteiger partial charge is 0.317 e. The first-order valence-electron chi connectivity index (χ1n) is 5.19. The number of rotatable bonds is 1. The Bertz CT molecular complexity index is 365. The van der Waals surface area contributed by atoms with Crippen LogP contribution in [0.3, 0.4) is 0 Å². The van der Waals surface area contributed by atoms with Gasteiger partial charge in [-0.15, -0.1) is 10.2 Å². The molecule has 4 nitrogen and oxygen atoms in total. The van der Waals surface area contributed by atoms with E-state index in [-0.39, 0.29) is 6.04 Å². The second-order valence-electron chi connectivity index (χ2n) is 3.92. The summed E-state index contributed by atoms with van der Waals surface area (Å²) in [6, 6.07) is -0.145. The van der Waals surface area contributed by atoms with E-state index in [1.165, 1.54) is 4.57 Å². The van der Waals surface area contributed by atoms with Gasteiger partial charge in [0, 0.05) is 6.04 Å². The van der Waals surface area contributed by atoms with Crippen molar-refractivity contribution in [1.82, 2.24) is 20.1 Å². The summed E-state index contributed by atoms with van der Waals surface area (Å²) >= 11 is 0. The van der Waals surface area contributed by atoms with Gasteiger partial charge in [-0.1, -0.05) is 0 Å². The summed E-state index contributed by atoms with van der Waals surface area (Å²) in [5, 5.41) is 9.88. The molecule has 1 N–H and O–H groups in total. The third-order valence-electron chi connectivity index (χ3n) is 2.79. The number of hydrogen-bond acceptors (Lipinski definition) is 3. The maximum Gasteiger partial charge on any atom is 0.451 e. The van der Waals surface area contributed by atoms with Crippen molar-refractivity contribution < 1.29 is 13.2 Å². The Morgan fingerprint density at radius 3 is 2.44 bits per heavy atom. The molecule has 16 heavy (non-hydrogen) atoms. The van der Waals surface area contributed by atoms with E-state index in [1.807, 2.05) is 0 Å². The van der Waals surface area contributed by atoms with Gasteiger partial charge in [-0.05, 0) is 32.9 Å². The summed E-state index contributed by atoms with van der Waals surface area (Å²) in [5.74, 6) is -0.545. The fourth-order valence-electron chi connectivity index (χ4n) is 2.06. The quantitative estimate of drug-likeness (QED) is 0.801. The Labute approximate surface area is 90.9 Å². The molecule has 0 saturated carbocycles. The SMILES string of the molecule is Cc1nnc(C(F)(F)F)n1C1CCNCC1. The lowest BCUT2D eigenvalue weighted by Gasteiger charge is -2.26. The van der Waals surface area contributed by atoms with Gasteiger partial charge >= 0.3 is 6.18 Å². The van der Waals surface area contributed by atoms with Gasteiger partial charge < -0.3 is 9.88 Å². The van der Waals surface area contributed by atoms with Crippen molar-refractivity contribution in [2.45, 2.75) is 32.0 Å². The number of halogens is 3. The van der Waals surface area contributed by atoms with Crippen LogP contribution in [0.5, 0.6) is 0 Å². The number of aromatic nitrogens is 3. The van der Waals surface area contributed by atoms with Gasteiger partial charge in [0.05, 0.1) is 0 Å². The van der Waals surface area contributed by atoms with Crippen LogP contribution in [0.4, 0.5) is 13.2 Å². The van der Waals surface area contributed by atoms with Crippen LogP contribution in [0.1, 0.15) is 30.5 Å². The molecule has 1 fully saturated rings. The first-order valence-corrected chi connectivity index (χ1v) is 5.19. The van der Waals surface area contributed by atoms with Gasteiger partial charge in [0.25, 0.3) is 0 Å². The molecule has 0 bridgehead atoms. The molecule has 0 aromatic carbocycles. The molecule has 90 valence electrons. The molecule has 2 rings (SSSR count). The Hall–Kier alpha value is -1.11. The van der Waals surface area contributed by atoms with Gasteiger partial charge in [0.1, 0.15) is 5.82 Å². The van der Waals surface area contributed by atoms with Crippen LogP contribution in [0.2, 0.25) is 0 Å². The summed E-state index contributed by atoms with van der Waals surface area (Å²) in [7, 11) is 0. The van der Waals surface area contributed by atoms with Crippen LogP contribution in [0.15, 0.2) is 0 Å². The van der Waals surface area contributed by atoms with E-state index >= 15 is 0 Å². The van der Waals surface area contributed by atoms with E-state index < -0.39 is 12.0 Å². The van der Waals surface area contributed by atoms with E-state index in [0.717, 1.165) is 13.1 Å². The Morgan fingerprint density at radius 1 is 1.25 bits per heavy atom. The van der Waals surface area contributed by atoms with Gasteiger partial charge in [0.15, 0.2) is 0 Å². The number of hydrogen-bond donors (Lipinski definition) is 1. The molecule has 0 radical (unpaired) electrons. The van der Waals surface area contributed by atoms with Crippen molar-refractivity contribution in [3.05, 3.63) is 11.6 Å². The van der Waals surface area contributed by atoms with Crippen LogP contribution in [-0.2, 0) is 6.18 Å². The van der Waals surface area contributed by atoms with Crippen LogP contribution in [0.25, 0.3) is 0 Å². The molecule has 0 atom stereocenters. The van der Waals surface area contributed by atoms with Crippen molar-refractivity contribution in [3.8, 4) is 0 Å². The lowest BCUT2D eigenvalue weighted by molar-refractivity contribution is -0.148. The highest BCUT2D eigenvalue weighted by Gasteiger charge is 2.39. The average molecular weight is 234 g/mol. The second-order valence-corrected chi connectivity index (χ2v) is 3.92. The van der Waals surface area contributed by atoms with E-state index in [4.69, 9.17) is 0 Å². The first-order chi connectivity index (χ1) is 7.50. The highest BCUT2D eigenvalue weighted by Crippen LogP contribution is 2.32. The molecule has 7 heteroatoms. The molecule has 1 aromatic heterocycles. The molecule has 1 aromatic rings. The third-order valence-corrected chi connectivity index (χ3v) is 2.79. The standard InChI is InChI=1S/C9H13F3N4/c1-6-14-15-8(9(10,11)12)16(6)7-2-4-13-5-3-7/h7,13H,2-5H2,1H3. The molecule has 0 amide bonds. The monoisotopic (exact) mass is 234 g/mol. The lowest BCUT2D eigenvalue weighted by Crippen LogP contribution is -2.31. The summed E-state index contributed by atoms with van der Waals surface area (Å²) in [4.78, 5) is 0.